The molecule has 0 amide bonds. The number of carbonyl (C=O) groups excluding carboxylic acids is 1. The van der Waals surface area contributed by atoms with Crippen LogP contribution in [0.2, 0.25) is 5.02 Å². The van der Waals surface area contributed by atoms with Crippen molar-refractivity contribution < 1.29 is 9.53 Å². The summed E-state index contributed by atoms with van der Waals surface area (Å²) < 4.78 is 7.10. The number of hydrogen-bond donors (Lipinski definition) is 0. The van der Waals surface area contributed by atoms with Gasteiger partial charge < -0.3 is 4.74 Å². The lowest BCUT2D eigenvalue weighted by atomic mass is 10.1. The third-order valence-corrected chi connectivity index (χ3v) is 4.44. The highest BCUT2D eigenvalue weighted by Crippen LogP contribution is 2.30. The Morgan fingerprint density at radius 2 is 1.87 bits per heavy atom. The summed E-state index contributed by atoms with van der Waals surface area (Å²) in [5.74, 6) is 0.748. The van der Waals surface area contributed by atoms with Crippen molar-refractivity contribution in [3.63, 3.8) is 0 Å². The Hall–Kier alpha value is -2.26. The van der Waals surface area contributed by atoms with Crippen LogP contribution in [-0.4, -0.2) is 17.6 Å². The summed E-state index contributed by atoms with van der Waals surface area (Å²) in [5, 5.41) is 1.68. The summed E-state index contributed by atoms with van der Waals surface area (Å²) in [6.45, 7) is 4.08. The van der Waals surface area contributed by atoms with Crippen molar-refractivity contribution in [3.8, 4) is 5.75 Å². The molecular formula is C19H18ClNO2. The number of methoxy groups -OCH3 is 1. The maximum Gasteiger partial charge on any atom is 0.262 e. The Kier molecular flexibility index (Phi) is 4.14. The lowest BCUT2D eigenvalue weighted by Gasteiger charge is -2.08. The van der Waals surface area contributed by atoms with E-state index in [4.69, 9.17) is 16.3 Å². The molecule has 0 saturated heterocycles. The third kappa shape index (κ3) is 2.62. The van der Waals surface area contributed by atoms with E-state index in [0.717, 1.165) is 28.8 Å². The van der Waals surface area contributed by atoms with Crippen LogP contribution in [0.15, 0.2) is 42.5 Å². The zero-order chi connectivity index (χ0) is 16.6. The molecule has 0 aliphatic rings. The van der Waals surface area contributed by atoms with Crippen LogP contribution >= 0.6 is 11.6 Å². The van der Waals surface area contributed by atoms with Gasteiger partial charge in [0.05, 0.1) is 12.6 Å². The van der Waals surface area contributed by atoms with E-state index >= 15 is 0 Å². The molecule has 3 rings (SSSR count). The first-order valence-electron chi connectivity index (χ1n) is 7.55. The second kappa shape index (κ2) is 6.09. The molecule has 1 aromatic heterocycles. The van der Waals surface area contributed by atoms with Gasteiger partial charge in [0.1, 0.15) is 5.75 Å². The first-order valence-corrected chi connectivity index (χ1v) is 7.92. The van der Waals surface area contributed by atoms with E-state index in [-0.39, 0.29) is 5.91 Å². The highest BCUT2D eigenvalue weighted by Gasteiger charge is 2.19. The minimum absolute atomic E-state index is 0.0472. The summed E-state index contributed by atoms with van der Waals surface area (Å²) in [5.41, 5.74) is 3.66. The van der Waals surface area contributed by atoms with Gasteiger partial charge in [-0.1, -0.05) is 18.5 Å². The van der Waals surface area contributed by atoms with Crippen molar-refractivity contribution in [2.45, 2.75) is 20.3 Å². The molecule has 23 heavy (non-hydrogen) atoms. The fraction of sp³-hybridized carbons (Fsp3) is 0.211. The third-order valence-electron chi connectivity index (χ3n) is 4.19. The van der Waals surface area contributed by atoms with E-state index in [9.17, 15) is 4.79 Å². The second-order valence-electron chi connectivity index (χ2n) is 5.45. The van der Waals surface area contributed by atoms with Crippen molar-refractivity contribution in [1.29, 1.82) is 0 Å². The van der Waals surface area contributed by atoms with Crippen LogP contribution in [0.3, 0.4) is 0 Å². The summed E-state index contributed by atoms with van der Waals surface area (Å²) >= 11 is 5.92. The molecule has 0 aliphatic heterocycles. The molecular weight excluding hydrogens is 310 g/mol. The lowest BCUT2D eigenvalue weighted by molar-refractivity contribution is 0.0963. The van der Waals surface area contributed by atoms with Crippen LogP contribution in [0.4, 0.5) is 0 Å². The topological polar surface area (TPSA) is 31.2 Å². The van der Waals surface area contributed by atoms with Crippen LogP contribution in [-0.2, 0) is 6.42 Å². The number of halogens is 1. The minimum Gasteiger partial charge on any atom is -0.497 e. The standard InChI is InChI=1S/C19H18ClNO2/c1-4-16-12(2)21(18-10-9-15(23-3)11-17(16)18)19(22)13-5-7-14(20)8-6-13/h5-11H,4H2,1-3H3. The van der Waals surface area contributed by atoms with Crippen molar-refractivity contribution >= 4 is 28.4 Å². The largest absolute Gasteiger partial charge is 0.497 e. The van der Waals surface area contributed by atoms with E-state index in [0.29, 0.717) is 10.6 Å². The molecule has 4 heteroatoms. The second-order valence-corrected chi connectivity index (χ2v) is 5.88. The van der Waals surface area contributed by atoms with Gasteiger partial charge in [-0.15, -0.1) is 0 Å². The van der Waals surface area contributed by atoms with Crippen LogP contribution in [0.1, 0.15) is 28.5 Å². The molecule has 118 valence electrons. The van der Waals surface area contributed by atoms with Gasteiger partial charge in [0.15, 0.2) is 0 Å². The van der Waals surface area contributed by atoms with Gasteiger partial charge in [-0.25, -0.2) is 0 Å². The molecule has 0 aliphatic carbocycles. The maximum absolute atomic E-state index is 13.0. The molecule has 0 bridgehead atoms. The fourth-order valence-corrected chi connectivity index (χ4v) is 3.14. The Balaban J connectivity index is 2.22. The zero-order valence-electron chi connectivity index (χ0n) is 13.4. The Morgan fingerprint density at radius 3 is 2.48 bits per heavy atom. The van der Waals surface area contributed by atoms with E-state index in [1.54, 1.807) is 35.9 Å². The number of ether oxygens (including phenoxy) is 1. The quantitative estimate of drug-likeness (QED) is 0.687. The first kappa shape index (κ1) is 15.6. The van der Waals surface area contributed by atoms with Crippen molar-refractivity contribution in [2.24, 2.45) is 0 Å². The number of fused-ring (bicyclic) bond motifs is 1. The fourth-order valence-electron chi connectivity index (χ4n) is 3.02. The van der Waals surface area contributed by atoms with Crippen LogP contribution in [0, 0.1) is 6.92 Å². The van der Waals surface area contributed by atoms with Crippen LogP contribution in [0.25, 0.3) is 10.9 Å². The predicted octanol–water partition coefficient (Wildman–Crippen LogP) is 4.86. The van der Waals surface area contributed by atoms with Gasteiger partial charge in [-0.05, 0) is 61.4 Å². The molecule has 0 radical (unpaired) electrons. The van der Waals surface area contributed by atoms with E-state index < -0.39 is 0 Å². The number of benzene rings is 2. The van der Waals surface area contributed by atoms with Gasteiger partial charge in [0, 0.05) is 21.7 Å². The lowest BCUT2D eigenvalue weighted by Crippen LogP contribution is -2.13. The van der Waals surface area contributed by atoms with Crippen LogP contribution < -0.4 is 4.74 Å². The molecule has 0 saturated carbocycles. The van der Waals surface area contributed by atoms with Gasteiger partial charge in [0.2, 0.25) is 0 Å². The maximum atomic E-state index is 13.0. The smallest absolute Gasteiger partial charge is 0.262 e. The Morgan fingerprint density at radius 1 is 1.17 bits per heavy atom. The average molecular weight is 328 g/mol. The molecule has 0 N–H and O–H groups in total. The molecule has 2 aromatic carbocycles. The van der Waals surface area contributed by atoms with Crippen molar-refractivity contribution in [1.82, 2.24) is 4.57 Å². The molecule has 0 spiro atoms. The van der Waals surface area contributed by atoms with E-state index in [1.807, 2.05) is 25.1 Å². The van der Waals surface area contributed by atoms with Gasteiger partial charge in [-0.2, -0.15) is 0 Å². The molecule has 1 heterocycles. The predicted molar refractivity (Wildman–Crippen MR) is 93.8 cm³/mol. The number of nitrogens with zero attached hydrogens (tertiary/aromatic N) is 1. The SMILES string of the molecule is CCc1c(C)n(C(=O)c2ccc(Cl)cc2)c2ccc(OC)cc12. The molecule has 0 unspecified atom stereocenters. The zero-order valence-corrected chi connectivity index (χ0v) is 14.1. The molecule has 0 fully saturated rings. The summed E-state index contributed by atoms with van der Waals surface area (Å²) in [6.07, 6.45) is 0.858. The summed E-state index contributed by atoms with van der Waals surface area (Å²) in [6, 6.07) is 12.8. The number of carbonyl (C=O) groups is 1. The number of rotatable bonds is 3. The number of hydrogen-bond acceptors (Lipinski definition) is 2. The molecule has 3 aromatic rings. The normalized spacial score (nSPS) is 11.0. The van der Waals surface area contributed by atoms with Gasteiger partial charge >= 0.3 is 0 Å². The number of aryl methyl sites for hydroxylation is 1. The van der Waals surface area contributed by atoms with E-state index in [1.165, 1.54) is 5.56 Å². The number of aromatic nitrogens is 1. The van der Waals surface area contributed by atoms with Crippen molar-refractivity contribution in [2.75, 3.05) is 7.11 Å². The molecule has 3 nitrogen and oxygen atoms in total. The first-order chi connectivity index (χ1) is 11.1. The van der Waals surface area contributed by atoms with Crippen molar-refractivity contribution in [3.05, 3.63) is 64.3 Å². The molecule has 0 atom stereocenters. The highest BCUT2D eigenvalue weighted by molar-refractivity contribution is 6.30. The van der Waals surface area contributed by atoms with E-state index in [2.05, 4.69) is 6.92 Å². The summed E-state index contributed by atoms with van der Waals surface area (Å²) in [7, 11) is 1.65. The monoisotopic (exact) mass is 327 g/mol. The summed E-state index contributed by atoms with van der Waals surface area (Å²) in [4.78, 5) is 13.0. The Bertz CT molecular complexity index is 879. The van der Waals surface area contributed by atoms with Gasteiger partial charge in [-0.3, -0.25) is 9.36 Å². The Labute approximate surface area is 140 Å². The average Bonchev–Trinajstić information content (AvgIpc) is 2.85. The van der Waals surface area contributed by atoms with Crippen LogP contribution in [0.5, 0.6) is 5.75 Å². The highest BCUT2D eigenvalue weighted by atomic mass is 35.5. The minimum atomic E-state index is -0.0472. The van der Waals surface area contributed by atoms with Gasteiger partial charge in [0.25, 0.3) is 5.91 Å².